The fourth-order valence-corrected chi connectivity index (χ4v) is 1.34. The van der Waals surface area contributed by atoms with Gasteiger partial charge in [-0.2, -0.15) is 0 Å². The molecule has 0 aliphatic carbocycles. The van der Waals surface area contributed by atoms with Gasteiger partial charge in [0.05, 0.1) is 8.66 Å². The largest absolute Gasteiger partial charge is 0.269 e. The lowest BCUT2D eigenvalue weighted by molar-refractivity contribution is -0.384. The molecule has 5 heteroatoms. The van der Waals surface area contributed by atoms with Crippen molar-refractivity contribution in [2.75, 3.05) is 0 Å². The number of nitro groups is 1. The van der Waals surface area contributed by atoms with Gasteiger partial charge in [0.2, 0.25) is 0 Å². The normalized spacial score (nSPS) is 10.2. The minimum Gasteiger partial charge on any atom is -0.258 e. The van der Waals surface area contributed by atoms with Crippen LogP contribution in [-0.2, 0) is 0 Å². The van der Waals surface area contributed by atoms with Crippen LogP contribution < -0.4 is 0 Å². The summed E-state index contributed by atoms with van der Waals surface area (Å²) in [6, 6.07) is 6.45. The summed E-state index contributed by atoms with van der Waals surface area (Å²) < 4.78 is -0.0371. The minimum absolute atomic E-state index is 0.0371. The van der Waals surface area contributed by atoms with Gasteiger partial charge in [-0.3, -0.25) is 10.1 Å². The SMILES string of the molecule is O=[N+]([O-])c1cccc(C(Br)Br)c1. The third-order valence-electron chi connectivity index (χ3n) is 1.33. The minimum atomic E-state index is -0.411. The van der Waals surface area contributed by atoms with Crippen LogP contribution in [0.1, 0.15) is 9.30 Å². The van der Waals surface area contributed by atoms with Gasteiger partial charge in [-0.05, 0) is 5.56 Å². The van der Waals surface area contributed by atoms with E-state index < -0.39 is 4.92 Å². The zero-order valence-corrected chi connectivity index (χ0v) is 9.08. The van der Waals surface area contributed by atoms with Crippen LogP contribution in [0.25, 0.3) is 0 Å². The summed E-state index contributed by atoms with van der Waals surface area (Å²) in [5.41, 5.74) is 0.945. The Morgan fingerprint density at radius 1 is 1.42 bits per heavy atom. The number of halogens is 2. The molecule has 1 aromatic rings. The number of nitrogens with zero attached hydrogens (tertiary/aromatic N) is 1. The van der Waals surface area contributed by atoms with E-state index in [4.69, 9.17) is 0 Å². The van der Waals surface area contributed by atoms with Crippen molar-refractivity contribution in [3.05, 3.63) is 39.9 Å². The van der Waals surface area contributed by atoms with Crippen LogP contribution in [0.2, 0.25) is 0 Å². The molecule has 0 saturated heterocycles. The van der Waals surface area contributed by atoms with Crippen molar-refractivity contribution in [1.29, 1.82) is 0 Å². The van der Waals surface area contributed by atoms with E-state index in [2.05, 4.69) is 31.9 Å². The Morgan fingerprint density at radius 3 is 2.58 bits per heavy atom. The fraction of sp³-hybridized carbons (Fsp3) is 0.143. The maximum atomic E-state index is 10.4. The Balaban J connectivity index is 3.04. The molecular formula is C7H5Br2NO2. The highest BCUT2D eigenvalue weighted by atomic mass is 79.9. The third-order valence-corrected chi connectivity index (χ3v) is 2.39. The Morgan fingerprint density at radius 2 is 2.08 bits per heavy atom. The number of rotatable bonds is 2. The number of nitro benzene ring substituents is 1. The highest BCUT2D eigenvalue weighted by Crippen LogP contribution is 2.30. The topological polar surface area (TPSA) is 43.1 Å². The Labute approximate surface area is 86.2 Å². The van der Waals surface area contributed by atoms with Crippen LogP contribution in [-0.4, -0.2) is 4.92 Å². The molecule has 0 radical (unpaired) electrons. The molecule has 0 atom stereocenters. The van der Waals surface area contributed by atoms with Crippen LogP contribution >= 0.6 is 31.9 Å². The second kappa shape index (κ2) is 4.00. The lowest BCUT2D eigenvalue weighted by atomic mass is 10.2. The molecule has 0 N–H and O–H groups in total. The summed E-state index contributed by atoms with van der Waals surface area (Å²) in [5, 5.41) is 10.4. The van der Waals surface area contributed by atoms with Crippen LogP contribution in [0.5, 0.6) is 0 Å². The van der Waals surface area contributed by atoms with E-state index in [1.54, 1.807) is 12.1 Å². The first kappa shape index (κ1) is 9.67. The maximum absolute atomic E-state index is 10.4. The fourth-order valence-electron chi connectivity index (χ4n) is 0.774. The third kappa shape index (κ3) is 2.28. The standard InChI is InChI=1S/C7H5Br2NO2/c8-7(9)5-2-1-3-6(4-5)10(11)12/h1-4,7H. The molecule has 1 rings (SSSR count). The van der Waals surface area contributed by atoms with Crippen LogP contribution in [0.3, 0.4) is 0 Å². The summed E-state index contributed by atoms with van der Waals surface area (Å²) in [7, 11) is 0. The average molecular weight is 295 g/mol. The molecule has 0 aliphatic heterocycles. The van der Waals surface area contributed by atoms with Gasteiger partial charge in [-0.15, -0.1) is 0 Å². The number of hydrogen-bond acceptors (Lipinski definition) is 2. The first-order valence-electron chi connectivity index (χ1n) is 3.14. The van der Waals surface area contributed by atoms with Crippen molar-refractivity contribution in [1.82, 2.24) is 0 Å². The zero-order valence-electron chi connectivity index (χ0n) is 5.91. The average Bonchev–Trinajstić information content (AvgIpc) is 2.04. The first-order chi connectivity index (χ1) is 5.61. The zero-order chi connectivity index (χ0) is 9.14. The van der Waals surface area contributed by atoms with Crippen molar-refractivity contribution < 1.29 is 4.92 Å². The molecule has 0 aromatic heterocycles. The van der Waals surface area contributed by atoms with Gasteiger partial charge in [0, 0.05) is 12.1 Å². The molecule has 64 valence electrons. The molecule has 0 amide bonds. The second-order valence-electron chi connectivity index (χ2n) is 2.15. The van der Waals surface area contributed by atoms with Crippen LogP contribution in [0.4, 0.5) is 5.69 Å². The van der Waals surface area contributed by atoms with E-state index in [-0.39, 0.29) is 9.42 Å². The number of non-ortho nitro benzene ring substituents is 1. The van der Waals surface area contributed by atoms with E-state index in [1.165, 1.54) is 12.1 Å². The smallest absolute Gasteiger partial charge is 0.258 e. The lowest BCUT2D eigenvalue weighted by Gasteiger charge is -1.99. The van der Waals surface area contributed by atoms with E-state index in [0.29, 0.717) is 0 Å². The van der Waals surface area contributed by atoms with Crippen molar-refractivity contribution in [2.45, 2.75) is 3.74 Å². The highest BCUT2D eigenvalue weighted by Gasteiger charge is 2.08. The van der Waals surface area contributed by atoms with Crippen molar-refractivity contribution >= 4 is 37.5 Å². The van der Waals surface area contributed by atoms with Crippen LogP contribution in [0, 0.1) is 10.1 Å². The molecule has 0 heterocycles. The molecule has 0 unspecified atom stereocenters. The highest BCUT2D eigenvalue weighted by molar-refractivity contribution is 9.24. The molecule has 0 bridgehead atoms. The van der Waals surface area contributed by atoms with Crippen molar-refractivity contribution in [3.8, 4) is 0 Å². The predicted octanol–water partition coefficient (Wildman–Crippen LogP) is 3.38. The van der Waals surface area contributed by atoms with Gasteiger partial charge in [0.1, 0.15) is 0 Å². The van der Waals surface area contributed by atoms with Gasteiger partial charge >= 0.3 is 0 Å². The maximum Gasteiger partial charge on any atom is 0.269 e. The quantitative estimate of drug-likeness (QED) is 0.477. The molecule has 0 saturated carbocycles. The molecule has 0 spiro atoms. The molecule has 1 aromatic carbocycles. The summed E-state index contributed by atoms with van der Waals surface area (Å²) >= 11 is 6.52. The van der Waals surface area contributed by atoms with E-state index >= 15 is 0 Å². The second-order valence-corrected chi connectivity index (χ2v) is 5.21. The first-order valence-corrected chi connectivity index (χ1v) is 4.97. The van der Waals surface area contributed by atoms with E-state index in [9.17, 15) is 10.1 Å². The monoisotopic (exact) mass is 293 g/mol. The van der Waals surface area contributed by atoms with Gasteiger partial charge in [-0.25, -0.2) is 0 Å². The Hall–Kier alpha value is -0.420. The molecule has 12 heavy (non-hydrogen) atoms. The molecule has 0 fully saturated rings. The summed E-state index contributed by atoms with van der Waals surface area (Å²) in [6.45, 7) is 0. The lowest BCUT2D eigenvalue weighted by Crippen LogP contribution is -1.89. The Kier molecular flexibility index (Phi) is 3.22. The number of hydrogen-bond donors (Lipinski definition) is 0. The van der Waals surface area contributed by atoms with Gasteiger partial charge in [-0.1, -0.05) is 44.0 Å². The molecule has 3 nitrogen and oxygen atoms in total. The van der Waals surface area contributed by atoms with Gasteiger partial charge in [0.25, 0.3) is 5.69 Å². The Bertz CT molecular complexity index is 301. The summed E-state index contributed by atoms with van der Waals surface area (Å²) in [5.74, 6) is 0. The van der Waals surface area contributed by atoms with Gasteiger partial charge in [0.15, 0.2) is 0 Å². The number of alkyl halides is 2. The summed E-state index contributed by atoms with van der Waals surface area (Å²) in [4.78, 5) is 9.94. The summed E-state index contributed by atoms with van der Waals surface area (Å²) in [6.07, 6.45) is 0. The molecule has 0 aliphatic rings. The van der Waals surface area contributed by atoms with Gasteiger partial charge < -0.3 is 0 Å². The van der Waals surface area contributed by atoms with Crippen LogP contribution in [0.15, 0.2) is 24.3 Å². The van der Waals surface area contributed by atoms with E-state index in [1.807, 2.05) is 0 Å². The number of benzene rings is 1. The van der Waals surface area contributed by atoms with E-state index in [0.717, 1.165) is 5.56 Å². The van der Waals surface area contributed by atoms with Crippen molar-refractivity contribution in [3.63, 3.8) is 0 Å². The molecular weight excluding hydrogens is 290 g/mol. The van der Waals surface area contributed by atoms with Crippen molar-refractivity contribution in [2.24, 2.45) is 0 Å². The predicted molar refractivity (Wildman–Crippen MR) is 53.7 cm³/mol.